The first-order valence-corrected chi connectivity index (χ1v) is 7.99. The molecule has 5 N–H and O–H groups in total. The van der Waals surface area contributed by atoms with Crippen molar-refractivity contribution >= 4 is 15.2 Å². The molecule has 10 heteroatoms. The molecule has 0 heterocycles. The normalized spacial score (nSPS) is 12.7. The number of hydrogen-bond donors (Lipinski definition) is 5. The predicted octanol–water partition coefficient (Wildman–Crippen LogP) is 0.452. The van der Waals surface area contributed by atoms with Crippen LogP contribution in [0.25, 0.3) is 0 Å². The lowest BCUT2D eigenvalue weighted by Gasteiger charge is -2.19. The van der Waals surface area contributed by atoms with Gasteiger partial charge in [0.25, 0.3) is 0 Å². The summed E-state index contributed by atoms with van der Waals surface area (Å²) in [5.74, 6) is 0.0866. The standard InChI is InChI=1S/C8H12O8P2/c9-6-1-3-7(4-2-6)16-5-8(17(10,11)12)18(13,14)15/h1-4,8-9H,5H2,(H2,10,11,12)(H2,13,14,15). The van der Waals surface area contributed by atoms with Crippen LogP contribution in [0.5, 0.6) is 11.5 Å². The molecule has 1 aromatic carbocycles. The monoisotopic (exact) mass is 298 g/mol. The summed E-state index contributed by atoms with van der Waals surface area (Å²) < 4.78 is 26.8. The van der Waals surface area contributed by atoms with Gasteiger partial charge in [0, 0.05) is 0 Å². The van der Waals surface area contributed by atoms with E-state index in [4.69, 9.17) is 29.4 Å². The molecule has 0 spiro atoms. The molecule has 0 saturated heterocycles. The van der Waals surface area contributed by atoms with Crippen LogP contribution in [0.3, 0.4) is 0 Å². The summed E-state index contributed by atoms with van der Waals surface area (Å²) in [6.07, 6.45) is 0. The molecule has 0 aromatic heterocycles. The second kappa shape index (κ2) is 5.40. The summed E-state index contributed by atoms with van der Waals surface area (Å²) >= 11 is 0. The van der Waals surface area contributed by atoms with Crippen molar-refractivity contribution in [2.45, 2.75) is 5.40 Å². The molecule has 0 amide bonds. The maximum absolute atomic E-state index is 10.9. The third-order valence-corrected chi connectivity index (χ3v) is 5.67. The van der Waals surface area contributed by atoms with Crippen LogP contribution < -0.4 is 4.74 Å². The Morgan fingerprint density at radius 1 is 1.00 bits per heavy atom. The Bertz CT molecular complexity index is 464. The Kier molecular flexibility index (Phi) is 4.55. The zero-order valence-electron chi connectivity index (χ0n) is 8.95. The molecular formula is C8H12O8P2. The van der Waals surface area contributed by atoms with E-state index in [1.807, 2.05) is 0 Å². The van der Waals surface area contributed by atoms with E-state index in [0.717, 1.165) is 0 Å². The van der Waals surface area contributed by atoms with Gasteiger partial charge in [-0.2, -0.15) is 0 Å². The van der Waals surface area contributed by atoms with E-state index in [9.17, 15) is 9.13 Å². The van der Waals surface area contributed by atoms with Crippen molar-refractivity contribution in [3.63, 3.8) is 0 Å². The van der Waals surface area contributed by atoms with Gasteiger partial charge in [-0.05, 0) is 24.3 Å². The van der Waals surface area contributed by atoms with Crippen molar-refractivity contribution in [2.75, 3.05) is 6.61 Å². The molecule has 0 radical (unpaired) electrons. The van der Waals surface area contributed by atoms with Gasteiger partial charge in [-0.3, -0.25) is 9.13 Å². The third-order valence-electron chi connectivity index (χ3n) is 2.01. The van der Waals surface area contributed by atoms with E-state index < -0.39 is 27.2 Å². The number of rotatable bonds is 5. The van der Waals surface area contributed by atoms with E-state index in [1.165, 1.54) is 24.3 Å². The molecule has 1 rings (SSSR count). The zero-order valence-corrected chi connectivity index (χ0v) is 10.7. The molecule has 0 bridgehead atoms. The molecule has 18 heavy (non-hydrogen) atoms. The number of phenolic OH excluding ortho intramolecular Hbond substituents is 1. The van der Waals surface area contributed by atoms with Crippen LogP contribution in [-0.2, 0) is 9.13 Å². The van der Waals surface area contributed by atoms with Crippen LogP contribution in [-0.4, -0.2) is 36.7 Å². The van der Waals surface area contributed by atoms with Crippen molar-refractivity contribution in [1.29, 1.82) is 0 Å². The summed E-state index contributed by atoms with van der Waals surface area (Å²) in [6.45, 7) is -0.834. The Balaban J connectivity index is 2.78. The molecule has 0 atom stereocenters. The summed E-state index contributed by atoms with van der Waals surface area (Å²) in [7, 11) is -9.96. The minimum absolute atomic E-state index is 0.0381. The SMILES string of the molecule is O=P(O)(O)C(COc1ccc(O)cc1)P(=O)(O)O. The lowest BCUT2D eigenvalue weighted by Crippen LogP contribution is -2.18. The van der Waals surface area contributed by atoms with Crippen LogP contribution >= 0.6 is 15.2 Å². The first-order chi connectivity index (χ1) is 8.10. The molecule has 0 unspecified atom stereocenters. The summed E-state index contributed by atoms with van der Waals surface area (Å²) in [4.78, 5) is 35.3. The zero-order chi connectivity index (χ0) is 14.0. The minimum atomic E-state index is -4.98. The molecule has 0 aliphatic heterocycles. The van der Waals surface area contributed by atoms with E-state index in [2.05, 4.69) is 0 Å². The number of phenols is 1. The maximum atomic E-state index is 10.9. The van der Waals surface area contributed by atoms with Gasteiger partial charge in [0.15, 0.2) is 5.40 Å². The number of ether oxygens (including phenoxy) is 1. The second-order valence-electron chi connectivity index (χ2n) is 3.46. The maximum Gasteiger partial charge on any atom is 0.344 e. The van der Waals surface area contributed by atoms with Crippen molar-refractivity contribution in [2.24, 2.45) is 0 Å². The smallest absolute Gasteiger partial charge is 0.344 e. The highest BCUT2D eigenvalue weighted by Crippen LogP contribution is 2.59. The lowest BCUT2D eigenvalue weighted by atomic mass is 10.3. The highest BCUT2D eigenvalue weighted by atomic mass is 31.2. The highest BCUT2D eigenvalue weighted by molar-refractivity contribution is 7.70. The molecule has 0 aliphatic carbocycles. The number of aromatic hydroxyl groups is 1. The largest absolute Gasteiger partial charge is 0.508 e. The van der Waals surface area contributed by atoms with E-state index >= 15 is 0 Å². The molecular weight excluding hydrogens is 286 g/mol. The van der Waals surface area contributed by atoms with E-state index in [-0.39, 0.29) is 11.5 Å². The molecule has 1 aromatic rings. The van der Waals surface area contributed by atoms with E-state index in [1.54, 1.807) is 0 Å². The van der Waals surface area contributed by atoms with Crippen molar-refractivity contribution in [3.8, 4) is 11.5 Å². The van der Waals surface area contributed by atoms with Gasteiger partial charge in [0.05, 0.1) is 0 Å². The van der Waals surface area contributed by atoms with Gasteiger partial charge in [-0.15, -0.1) is 0 Å². The van der Waals surface area contributed by atoms with E-state index in [0.29, 0.717) is 0 Å². The first kappa shape index (κ1) is 15.2. The van der Waals surface area contributed by atoms with Crippen molar-refractivity contribution in [3.05, 3.63) is 24.3 Å². The van der Waals surface area contributed by atoms with Crippen LogP contribution in [0.4, 0.5) is 0 Å². The van der Waals surface area contributed by atoms with Crippen LogP contribution in [0.2, 0.25) is 0 Å². The Morgan fingerprint density at radius 3 is 1.83 bits per heavy atom. The number of hydrogen-bond acceptors (Lipinski definition) is 4. The fraction of sp³-hybridized carbons (Fsp3) is 0.250. The second-order valence-corrected chi connectivity index (χ2v) is 7.47. The topological polar surface area (TPSA) is 145 Å². The average Bonchev–Trinajstić information content (AvgIpc) is 2.17. The van der Waals surface area contributed by atoms with Crippen LogP contribution in [0.1, 0.15) is 0 Å². The quantitative estimate of drug-likeness (QED) is 0.493. The van der Waals surface area contributed by atoms with Crippen LogP contribution in [0.15, 0.2) is 24.3 Å². The summed E-state index contributed by atoms with van der Waals surface area (Å²) in [5, 5.41) is 6.78. The molecule has 0 aliphatic rings. The Morgan fingerprint density at radius 2 is 1.44 bits per heavy atom. The highest BCUT2D eigenvalue weighted by Gasteiger charge is 2.44. The third kappa shape index (κ3) is 4.42. The molecule has 102 valence electrons. The predicted molar refractivity (Wildman–Crippen MR) is 61.5 cm³/mol. The molecule has 0 saturated carbocycles. The van der Waals surface area contributed by atoms with Crippen molar-refractivity contribution in [1.82, 2.24) is 0 Å². The fourth-order valence-corrected chi connectivity index (χ4v) is 3.21. The Labute approximate surface area is 102 Å². The minimum Gasteiger partial charge on any atom is -0.508 e. The average molecular weight is 298 g/mol. The van der Waals surface area contributed by atoms with Crippen LogP contribution in [0, 0.1) is 0 Å². The van der Waals surface area contributed by atoms with Gasteiger partial charge >= 0.3 is 15.2 Å². The lowest BCUT2D eigenvalue weighted by molar-refractivity contribution is 0.280. The molecule has 0 fully saturated rings. The van der Waals surface area contributed by atoms with Gasteiger partial charge < -0.3 is 29.4 Å². The molecule has 8 nitrogen and oxygen atoms in total. The Hall–Kier alpha value is -0.880. The first-order valence-electron chi connectivity index (χ1n) is 4.63. The van der Waals surface area contributed by atoms with Gasteiger partial charge in [-0.1, -0.05) is 0 Å². The summed E-state index contributed by atoms with van der Waals surface area (Å²) in [6, 6.07) is 5.12. The fourth-order valence-electron chi connectivity index (χ4n) is 1.10. The number of benzene rings is 1. The summed E-state index contributed by atoms with van der Waals surface area (Å²) in [5.41, 5.74) is 0. The van der Waals surface area contributed by atoms with Gasteiger partial charge in [0.2, 0.25) is 0 Å². The van der Waals surface area contributed by atoms with Crippen molar-refractivity contribution < 1.29 is 38.5 Å². The van der Waals surface area contributed by atoms with Gasteiger partial charge in [0.1, 0.15) is 18.1 Å². The van der Waals surface area contributed by atoms with Gasteiger partial charge in [-0.25, -0.2) is 0 Å².